The van der Waals surface area contributed by atoms with Gasteiger partial charge in [-0.2, -0.15) is 0 Å². The van der Waals surface area contributed by atoms with Crippen LogP contribution in [-0.2, 0) is 6.61 Å². The van der Waals surface area contributed by atoms with Gasteiger partial charge in [-0.05, 0) is 46.4 Å². The average molecular weight is 361 g/mol. The lowest BCUT2D eigenvalue weighted by Gasteiger charge is -2.07. The summed E-state index contributed by atoms with van der Waals surface area (Å²) in [5.74, 6) is 0.853. The van der Waals surface area contributed by atoms with Crippen molar-refractivity contribution in [3.8, 4) is 5.75 Å². The number of benzene rings is 2. The highest BCUT2D eigenvalue weighted by Crippen LogP contribution is 2.21. The number of halogens is 1. The van der Waals surface area contributed by atoms with Crippen molar-refractivity contribution in [3.05, 3.63) is 69.9 Å². The molecule has 0 aliphatic carbocycles. The summed E-state index contributed by atoms with van der Waals surface area (Å²) in [7, 11) is 0. The third kappa shape index (κ3) is 3.04. The van der Waals surface area contributed by atoms with Gasteiger partial charge in [0.05, 0.1) is 5.52 Å². The van der Waals surface area contributed by atoms with E-state index in [1.807, 2.05) is 42.5 Å². The first-order chi connectivity index (χ1) is 9.31. The summed E-state index contributed by atoms with van der Waals surface area (Å²) >= 11 is 2.22. The SMILES string of the molecule is Ic1ccc2ccc(OCc3ccccc3)cc2n1. The highest BCUT2D eigenvalue weighted by atomic mass is 127. The Hall–Kier alpha value is -1.62. The molecule has 1 heterocycles. The fourth-order valence-electron chi connectivity index (χ4n) is 1.90. The van der Waals surface area contributed by atoms with Gasteiger partial charge in [0.15, 0.2) is 0 Å². The van der Waals surface area contributed by atoms with Crippen molar-refractivity contribution < 1.29 is 4.74 Å². The van der Waals surface area contributed by atoms with Gasteiger partial charge in [-0.3, -0.25) is 0 Å². The molecule has 3 heteroatoms. The number of fused-ring (bicyclic) bond motifs is 1. The van der Waals surface area contributed by atoms with E-state index in [-0.39, 0.29) is 0 Å². The van der Waals surface area contributed by atoms with E-state index in [1.54, 1.807) is 0 Å². The molecule has 0 aliphatic heterocycles. The van der Waals surface area contributed by atoms with Crippen molar-refractivity contribution in [1.29, 1.82) is 0 Å². The van der Waals surface area contributed by atoms with Crippen molar-refractivity contribution in [1.82, 2.24) is 4.98 Å². The highest BCUT2D eigenvalue weighted by molar-refractivity contribution is 14.1. The third-order valence-corrected chi connectivity index (χ3v) is 3.48. The number of rotatable bonds is 3. The maximum atomic E-state index is 5.80. The Morgan fingerprint density at radius 1 is 0.947 bits per heavy atom. The number of ether oxygens (including phenoxy) is 1. The molecule has 0 amide bonds. The fourth-order valence-corrected chi connectivity index (χ4v) is 2.34. The number of nitrogens with zero attached hydrogens (tertiary/aromatic N) is 1. The van der Waals surface area contributed by atoms with Gasteiger partial charge in [0.25, 0.3) is 0 Å². The zero-order valence-corrected chi connectivity index (χ0v) is 12.4. The van der Waals surface area contributed by atoms with Crippen LogP contribution in [0.1, 0.15) is 5.56 Å². The normalized spacial score (nSPS) is 10.6. The van der Waals surface area contributed by atoms with Crippen LogP contribution in [0.2, 0.25) is 0 Å². The van der Waals surface area contributed by atoms with E-state index in [0.717, 1.165) is 25.9 Å². The van der Waals surface area contributed by atoms with Gasteiger partial charge in [-0.1, -0.05) is 36.4 Å². The Labute approximate surface area is 125 Å². The summed E-state index contributed by atoms with van der Waals surface area (Å²) in [6.45, 7) is 0.580. The smallest absolute Gasteiger partial charge is 0.122 e. The molecule has 2 aromatic carbocycles. The lowest BCUT2D eigenvalue weighted by Crippen LogP contribution is -1.95. The number of aromatic nitrogens is 1. The first-order valence-electron chi connectivity index (χ1n) is 6.04. The van der Waals surface area contributed by atoms with Crippen molar-refractivity contribution in [2.45, 2.75) is 6.61 Å². The van der Waals surface area contributed by atoms with Crippen LogP contribution in [0.25, 0.3) is 10.9 Å². The van der Waals surface area contributed by atoms with Crippen LogP contribution in [0.4, 0.5) is 0 Å². The maximum absolute atomic E-state index is 5.80. The summed E-state index contributed by atoms with van der Waals surface area (Å²) < 4.78 is 6.79. The van der Waals surface area contributed by atoms with Crippen LogP contribution < -0.4 is 4.74 Å². The molecule has 0 unspecified atom stereocenters. The monoisotopic (exact) mass is 361 g/mol. The molecule has 0 N–H and O–H groups in total. The van der Waals surface area contributed by atoms with Crippen LogP contribution >= 0.6 is 22.6 Å². The van der Waals surface area contributed by atoms with Crippen LogP contribution in [0.15, 0.2) is 60.7 Å². The summed E-state index contributed by atoms with van der Waals surface area (Å²) in [4.78, 5) is 4.50. The summed E-state index contributed by atoms with van der Waals surface area (Å²) in [5, 5.41) is 1.13. The maximum Gasteiger partial charge on any atom is 0.122 e. The molecule has 0 fully saturated rings. The molecular formula is C16H12INO. The Morgan fingerprint density at radius 2 is 1.74 bits per heavy atom. The molecule has 1 aromatic heterocycles. The summed E-state index contributed by atoms with van der Waals surface area (Å²) in [6, 6.07) is 20.2. The van der Waals surface area contributed by atoms with Gasteiger partial charge in [0.1, 0.15) is 16.1 Å². The highest BCUT2D eigenvalue weighted by Gasteiger charge is 2.00. The largest absolute Gasteiger partial charge is 0.489 e. The predicted octanol–water partition coefficient (Wildman–Crippen LogP) is 4.42. The molecule has 0 saturated heterocycles. The Balaban J connectivity index is 1.81. The molecule has 0 aliphatic rings. The zero-order valence-electron chi connectivity index (χ0n) is 10.2. The van der Waals surface area contributed by atoms with Crippen LogP contribution in [0.5, 0.6) is 5.75 Å². The number of hydrogen-bond acceptors (Lipinski definition) is 2. The van der Waals surface area contributed by atoms with Gasteiger partial charge in [0.2, 0.25) is 0 Å². The van der Waals surface area contributed by atoms with Gasteiger partial charge in [-0.25, -0.2) is 4.98 Å². The second-order valence-electron chi connectivity index (χ2n) is 4.26. The molecule has 2 nitrogen and oxygen atoms in total. The second kappa shape index (κ2) is 5.57. The van der Waals surface area contributed by atoms with E-state index in [0.29, 0.717) is 6.61 Å². The molecule has 3 rings (SSSR count). The average Bonchev–Trinajstić information content (AvgIpc) is 2.46. The van der Waals surface area contributed by atoms with E-state index in [4.69, 9.17) is 4.74 Å². The van der Waals surface area contributed by atoms with E-state index >= 15 is 0 Å². The minimum absolute atomic E-state index is 0.580. The molecule has 94 valence electrons. The van der Waals surface area contributed by atoms with Crippen LogP contribution in [0, 0.1) is 3.70 Å². The van der Waals surface area contributed by atoms with Crippen molar-refractivity contribution in [2.24, 2.45) is 0 Å². The summed E-state index contributed by atoms with van der Waals surface area (Å²) in [5.41, 5.74) is 2.13. The molecule has 0 bridgehead atoms. The third-order valence-electron chi connectivity index (χ3n) is 2.88. The standard InChI is InChI=1S/C16H12INO/c17-16-9-7-13-6-8-14(10-15(13)18-16)19-11-12-4-2-1-3-5-12/h1-10H,11H2. The Bertz CT molecular complexity index is 697. The quantitative estimate of drug-likeness (QED) is 0.509. The Morgan fingerprint density at radius 3 is 2.58 bits per heavy atom. The van der Waals surface area contributed by atoms with Crippen molar-refractivity contribution in [2.75, 3.05) is 0 Å². The minimum atomic E-state index is 0.580. The lowest BCUT2D eigenvalue weighted by molar-refractivity contribution is 0.306. The van der Waals surface area contributed by atoms with Gasteiger partial charge < -0.3 is 4.74 Å². The molecule has 0 saturated carbocycles. The van der Waals surface area contributed by atoms with E-state index in [9.17, 15) is 0 Å². The van der Waals surface area contributed by atoms with E-state index < -0.39 is 0 Å². The Kier molecular flexibility index (Phi) is 3.64. The molecule has 0 radical (unpaired) electrons. The number of pyridine rings is 1. The summed E-state index contributed by atoms with van der Waals surface area (Å²) in [6.07, 6.45) is 0. The topological polar surface area (TPSA) is 22.1 Å². The van der Waals surface area contributed by atoms with Crippen molar-refractivity contribution in [3.63, 3.8) is 0 Å². The van der Waals surface area contributed by atoms with E-state index in [2.05, 4.69) is 45.8 Å². The van der Waals surface area contributed by atoms with Gasteiger partial charge in [0, 0.05) is 11.5 Å². The molecule has 3 aromatic rings. The first kappa shape index (κ1) is 12.4. The molecule has 19 heavy (non-hydrogen) atoms. The fraction of sp³-hybridized carbons (Fsp3) is 0.0625. The van der Waals surface area contributed by atoms with Gasteiger partial charge >= 0.3 is 0 Å². The lowest BCUT2D eigenvalue weighted by atomic mass is 10.2. The van der Waals surface area contributed by atoms with Crippen LogP contribution in [-0.4, -0.2) is 4.98 Å². The minimum Gasteiger partial charge on any atom is -0.489 e. The molecule has 0 spiro atoms. The molecule has 0 atom stereocenters. The van der Waals surface area contributed by atoms with Gasteiger partial charge in [-0.15, -0.1) is 0 Å². The second-order valence-corrected chi connectivity index (χ2v) is 5.37. The van der Waals surface area contributed by atoms with Crippen LogP contribution in [0.3, 0.4) is 0 Å². The van der Waals surface area contributed by atoms with E-state index in [1.165, 1.54) is 0 Å². The zero-order chi connectivity index (χ0) is 13.1. The molecular weight excluding hydrogens is 349 g/mol. The number of hydrogen-bond donors (Lipinski definition) is 0. The predicted molar refractivity (Wildman–Crippen MR) is 85.2 cm³/mol. The van der Waals surface area contributed by atoms with Crippen molar-refractivity contribution >= 4 is 33.5 Å². The first-order valence-corrected chi connectivity index (χ1v) is 7.12.